The highest BCUT2D eigenvalue weighted by Gasteiger charge is 2.53. The average molecular weight is 722 g/mol. The Morgan fingerprint density at radius 2 is 1.49 bits per heavy atom. The third-order valence-corrected chi connectivity index (χ3v) is 11.3. The predicted octanol–water partition coefficient (Wildman–Crippen LogP) is 6.54. The molecule has 51 heavy (non-hydrogen) atoms. The molecule has 9 nitrogen and oxygen atoms in total. The molecule has 5 aromatic rings. The number of benzene rings is 5. The van der Waals surface area contributed by atoms with Gasteiger partial charge in [0, 0.05) is 41.3 Å². The summed E-state index contributed by atoms with van der Waals surface area (Å²) in [5.74, 6) is -0.0464. The first-order valence-corrected chi connectivity index (χ1v) is 19.1. The molecule has 0 aromatic heterocycles. The molecule has 11 heteroatoms. The van der Waals surface area contributed by atoms with Crippen LogP contribution in [0.4, 0.5) is 0 Å². The smallest absolute Gasteiger partial charge is 0.266 e. The molecule has 0 saturated carbocycles. The van der Waals surface area contributed by atoms with Crippen molar-refractivity contribution < 1.29 is 27.8 Å². The minimum atomic E-state index is -3.79. The highest BCUT2D eigenvalue weighted by atomic mass is 32.2. The second kappa shape index (κ2) is 16.8. The molecule has 0 unspecified atom stereocenters. The molecule has 1 amide bonds. The van der Waals surface area contributed by atoms with E-state index in [4.69, 9.17) is 19.6 Å². The number of aliphatic hydroxyl groups excluding tert-OH is 1. The van der Waals surface area contributed by atoms with E-state index in [1.54, 1.807) is 66.4 Å². The van der Waals surface area contributed by atoms with Gasteiger partial charge in [-0.1, -0.05) is 96.7 Å². The lowest BCUT2D eigenvalue weighted by atomic mass is 9.85. The van der Waals surface area contributed by atoms with Crippen molar-refractivity contribution in [3.05, 3.63) is 156 Å². The molecule has 3 N–H and O–H groups in total. The summed E-state index contributed by atoms with van der Waals surface area (Å²) < 4.78 is 39.4. The number of carbonyl (C=O) groups is 1. The number of amides is 1. The molecule has 0 radical (unpaired) electrons. The SMILES string of the molecule is O=C(NNCc1ccccc1Sc1ccccc1)[C@@]1(CCS(=O)(=O)c2ccccc2)N=C(c2ccc(OCCCO)cc2)O[C@H]1c1ccccc1. The molecule has 0 spiro atoms. The van der Waals surface area contributed by atoms with Gasteiger partial charge in [-0.2, -0.15) is 0 Å². The standard InChI is InChI=1S/C40H39N3O6S2/c44-26-12-27-48-33-23-21-31(22-24-33)38-42-40(37(49-38)30-13-4-1-5-14-30,25-28-51(46,47)35-18-8-3-9-19-35)39(45)43-41-29-32-15-10-11-20-36(32)50-34-16-6-2-7-17-34/h1-11,13-24,37,41,44H,12,25-29H2,(H,43,45)/t37-,40-/m0/s1. The number of carbonyl (C=O) groups excluding carboxylic acids is 1. The summed E-state index contributed by atoms with van der Waals surface area (Å²) >= 11 is 1.63. The van der Waals surface area contributed by atoms with Crippen LogP contribution in [-0.4, -0.2) is 49.8 Å². The van der Waals surface area contributed by atoms with Gasteiger partial charge >= 0.3 is 0 Å². The second-order valence-corrected chi connectivity index (χ2v) is 15.1. The van der Waals surface area contributed by atoms with Crippen molar-refractivity contribution in [2.24, 2.45) is 4.99 Å². The number of aliphatic imine (C=N–C) groups is 1. The molecule has 2 atom stereocenters. The molecule has 0 aliphatic carbocycles. The molecular formula is C40H39N3O6S2. The maximum Gasteiger partial charge on any atom is 0.266 e. The van der Waals surface area contributed by atoms with Crippen LogP contribution in [0, 0.1) is 0 Å². The normalized spacial score (nSPS) is 17.0. The molecule has 0 bridgehead atoms. The van der Waals surface area contributed by atoms with E-state index in [0.29, 0.717) is 36.4 Å². The van der Waals surface area contributed by atoms with E-state index in [1.807, 2.05) is 84.9 Å². The number of hydrazine groups is 1. The van der Waals surface area contributed by atoms with Gasteiger partial charge in [0.05, 0.1) is 17.3 Å². The van der Waals surface area contributed by atoms with Gasteiger partial charge in [-0.15, -0.1) is 0 Å². The molecule has 1 heterocycles. The molecule has 1 aliphatic rings. The molecule has 262 valence electrons. The van der Waals surface area contributed by atoms with Gasteiger partial charge in [0.15, 0.2) is 21.5 Å². The molecule has 0 fully saturated rings. The van der Waals surface area contributed by atoms with Crippen molar-refractivity contribution in [3.8, 4) is 5.75 Å². The van der Waals surface area contributed by atoms with E-state index in [0.717, 1.165) is 15.4 Å². The van der Waals surface area contributed by atoms with Crippen LogP contribution in [0.1, 0.15) is 35.6 Å². The Hall–Kier alpha value is -4.94. The zero-order chi connectivity index (χ0) is 35.5. The Balaban J connectivity index is 1.31. The van der Waals surface area contributed by atoms with Crippen LogP contribution >= 0.6 is 11.8 Å². The Labute approximate surface area is 302 Å². The number of sulfone groups is 1. The fraction of sp³-hybridized carbons (Fsp3) is 0.200. The number of hydrogen-bond donors (Lipinski definition) is 3. The van der Waals surface area contributed by atoms with Crippen LogP contribution in [0.25, 0.3) is 0 Å². The van der Waals surface area contributed by atoms with Crippen LogP contribution in [-0.2, 0) is 25.9 Å². The van der Waals surface area contributed by atoms with E-state index in [9.17, 15) is 13.2 Å². The van der Waals surface area contributed by atoms with Crippen LogP contribution in [0.3, 0.4) is 0 Å². The van der Waals surface area contributed by atoms with Crippen molar-refractivity contribution in [1.82, 2.24) is 10.9 Å². The number of aliphatic hydroxyl groups is 1. The summed E-state index contributed by atoms with van der Waals surface area (Å²) in [5, 5.41) is 9.09. The molecule has 6 rings (SSSR count). The highest BCUT2D eigenvalue weighted by molar-refractivity contribution is 7.99. The Morgan fingerprint density at radius 1 is 0.843 bits per heavy atom. The summed E-state index contributed by atoms with van der Waals surface area (Å²) in [6.07, 6.45) is -0.572. The minimum Gasteiger partial charge on any atom is -0.494 e. The third kappa shape index (κ3) is 8.87. The summed E-state index contributed by atoms with van der Waals surface area (Å²) in [5.41, 5.74) is 6.57. The van der Waals surface area contributed by atoms with Crippen molar-refractivity contribution in [2.75, 3.05) is 19.0 Å². The van der Waals surface area contributed by atoms with Crippen LogP contribution < -0.4 is 15.6 Å². The fourth-order valence-corrected chi connectivity index (χ4v) is 8.08. The maximum atomic E-state index is 14.5. The number of nitrogens with zero attached hydrogens (tertiary/aromatic N) is 1. The van der Waals surface area contributed by atoms with E-state index < -0.39 is 27.4 Å². The van der Waals surface area contributed by atoms with Gasteiger partial charge < -0.3 is 14.6 Å². The average Bonchev–Trinajstić information content (AvgIpc) is 3.57. The maximum absolute atomic E-state index is 14.5. The van der Waals surface area contributed by atoms with Gasteiger partial charge in [0.25, 0.3) is 5.91 Å². The highest BCUT2D eigenvalue weighted by Crippen LogP contribution is 2.43. The zero-order valence-electron chi connectivity index (χ0n) is 27.9. The summed E-state index contributed by atoms with van der Waals surface area (Å²) in [7, 11) is -3.79. The fourth-order valence-electron chi connectivity index (χ4n) is 5.73. The molecule has 0 saturated heterocycles. The van der Waals surface area contributed by atoms with E-state index in [2.05, 4.69) is 10.9 Å². The quantitative estimate of drug-likeness (QED) is 0.0775. The van der Waals surface area contributed by atoms with Crippen LogP contribution in [0.2, 0.25) is 0 Å². The number of hydrogen-bond acceptors (Lipinski definition) is 9. The van der Waals surface area contributed by atoms with Gasteiger partial charge in [0.1, 0.15) is 5.75 Å². The second-order valence-electron chi connectivity index (χ2n) is 11.9. The Kier molecular flexibility index (Phi) is 11.8. The third-order valence-electron chi connectivity index (χ3n) is 8.41. The van der Waals surface area contributed by atoms with E-state index in [1.165, 1.54) is 0 Å². The zero-order valence-corrected chi connectivity index (χ0v) is 29.5. The summed E-state index contributed by atoms with van der Waals surface area (Å²) in [6, 6.07) is 42.5. The van der Waals surface area contributed by atoms with Crippen molar-refractivity contribution >= 4 is 33.4 Å². The van der Waals surface area contributed by atoms with Gasteiger partial charge in [-0.05, 0) is 65.7 Å². The first kappa shape index (κ1) is 35.9. The first-order valence-electron chi connectivity index (χ1n) is 16.7. The predicted molar refractivity (Wildman–Crippen MR) is 198 cm³/mol. The summed E-state index contributed by atoms with van der Waals surface area (Å²) in [4.78, 5) is 21.8. The van der Waals surface area contributed by atoms with Crippen molar-refractivity contribution in [1.29, 1.82) is 0 Å². The lowest BCUT2D eigenvalue weighted by molar-refractivity contribution is -0.130. The first-order chi connectivity index (χ1) is 24.9. The topological polar surface area (TPSA) is 126 Å². The monoisotopic (exact) mass is 721 g/mol. The van der Waals surface area contributed by atoms with Gasteiger partial charge in [-0.3, -0.25) is 10.2 Å². The lowest BCUT2D eigenvalue weighted by Crippen LogP contribution is -2.53. The van der Waals surface area contributed by atoms with E-state index in [-0.39, 0.29) is 29.6 Å². The van der Waals surface area contributed by atoms with Crippen LogP contribution in [0.15, 0.2) is 159 Å². The minimum absolute atomic E-state index is 0.0295. The van der Waals surface area contributed by atoms with Crippen molar-refractivity contribution in [3.63, 3.8) is 0 Å². The largest absolute Gasteiger partial charge is 0.494 e. The van der Waals surface area contributed by atoms with Gasteiger partial charge in [0.2, 0.25) is 5.90 Å². The Morgan fingerprint density at radius 3 is 2.20 bits per heavy atom. The Bertz CT molecular complexity index is 2030. The molecular weight excluding hydrogens is 683 g/mol. The van der Waals surface area contributed by atoms with E-state index >= 15 is 0 Å². The van der Waals surface area contributed by atoms with Crippen LogP contribution in [0.5, 0.6) is 5.75 Å². The molecule has 1 aliphatic heterocycles. The number of nitrogens with one attached hydrogen (secondary N) is 2. The number of rotatable bonds is 16. The molecule has 5 aromatic carbocycles. The van der Waals surface area contributed by atoms with Gasteiger partial charge in [-0.25, -0.2) is 18.8 Å². The lowest BCUT2D eigenvalue weighted by Gasteiger charge is -2.30. The number of ether oxygens (including phenoxy) is 2. The van der Waals surface area contributed by atoms with Crippen molar-refractivity contribution in [2.45, 2.75) is 45.7 Å². The summed E-state index contributed by atoms with van der Waals surface area (Å²) in [6.45, 7) is 0.706.